The van der Waals surface area contributed by atoms with E-state index in [9.17, 15) is 9.59 Å². The van der Waals surface area contributed by atoms with Gasteiger partial charge in [0, 0.05) is 32.1 Å². The fraction of sp³-hybridized carbons (Fsp3) is 0.333. The van der Waals surface area contributed by atoms with Crippen molar-refractivity contribution in [2.45, 2.75) is 44.2 Å². The zero-order valence-corrected chi connectivity index (χ0v) is 23.6. The van der Waals surface area contributed by atoms with Crippen molar-refractivity contribution >= 4 is 34.5 Å². The van der Waals surface area contributed by atoms with Crippen LogP contribution in [0.25, 0.3) is 10.9 Å². The second-order valence-corrected chi connectivity index (χ2v) is 10.8. The Hall–Kier alpha value is -4.46. The first-order valence-electron chi connectivity index (χ1n) is 14.2. The lowest BCUT2D eigenvalue weighted by molar-refractivity contribution is -0.150. The zero-order valence-electron chi connectivity index (χ0n) is 23.6. The molecule has 1 atom stereocenters. The number of nitrogens with one attached hydrogen (secondary N) is 2. The summed E-state index contributed by atoms with van der Waals surface area (Å²) in [6.45, 7) is 0.655. The highest BCUT2D eigenvalue weighted by molar-refractivity contribution is 6.03. The number of aromatic nitrogens is 2. The molecule has 1 saturated carbocycles. The quantitative estimate of drug-likeness (QED) is 0.204. The smallest absolute Gasteiger partial charge is 0.323 e. The summed E-state index contributed by atoms with van der Waals surface area (Å²) in [6, 6.07) is 26.9. The third kappa shape index (κ3) is 7.20. The van der Waals surface area contributed by atoms with Crippen molar-refractivity contribution in [3.63, 3.8) is 0 Å². The zero-order chi connectivity index (χ0) is 28.6. The number of rotatable bonds is 10. The SMILES string of the molecule is CN(C)c1nc(N[C@H]2CC[C@@H](CNC(=O)C(C(=O)OCc3ccccc3)c3ccccc3)CC2)nc2ccccc12. The Morgan fingerprint density at radius 2 is 1.54 bits per heavy atom. The Kier molecular flexibility index (Phi) is 9.08. The lowest BCUT2D eigenvalue weighted by Crippen LogP contribution is -2.39. The van der Waals surface area contributed by atoms with Gasteiger partial charge >= 0.3 is 5.97 Å². The molecule has 8 heteroatoms. The molecule has 1 amide bonds. The molecule has 1 fully saturated rings. The highest BCUT2D eigenvalue weighted by Crippen LogP contribution is 2.28. The summed E-state index contributed by atoms with van der Waals surface area (Å²) in [5.41, 5.74) is 2.43. The first-order valence-corrected chi connectivity index (χ1v) is 14.2. The number of nitrogens with zero attached hydrogens (tertiary/aromatic N) is 3. The number of ether oxygens (including phenoxy) is 1. The van der Waals surface area contributed by atoms with Gasteiger partial charge in [0.25, 0.3) is 0 Å². The summed E-state index contributed by atoms with van der Waals surface area (Å²) < 4.78 is 5.56. The van der Waals surface area contributed by atoms with E-state index >= 15 is 0 Å². The average Bonchev–Trinajstić information content (AvgIpc) is 3.00. The van der Waals surface area contributed by atoms with Crippen molar-refractivity contribution in [3.8, 4) is 0 Å². The molecule has 0 bridgehead atoms. The van der Waals surface area contributed by atoms with Crippen molar-refractivity contribution < 1.29 is 14.3 Å². The summed E-state index contributed by atoms with van der Waals surface area (Å²) in [6.07, 6.45) is 3.82. The number of carbonyl (C=O) groups excluding carboxylic acids is 2. The highest BCUT2D eigenvalue weighted by Gasteiger charge is 2.31. The molecule has 1 unspecified atom stereocenters. The van der Waals surface area contributed by atoms with Crippen LogP contribution in [0.1, 0.15) is 42.7 Å². The molecule has 1 aliphatic carbocycles. The molecule has 4 aromatic rings. The molecule has 0 radical (unpaired) electrons. The summed E-state index contributed by atoms with van der Waals surface area (Å²) in [5, 5.41) is 7.61. The second-order valence-electron chi connectivity index (χ2n) is 10.8. The number of benzene rings is 3. The molecular weight excluding hydrogens is 514 g/mol. The topological polar surface area (TPSA) is 96.5 Å². The fourth-order valence-electron chi connectivity index (χ4n) is 5.36. The van der Waals surface area contributed by atoms with E-state index in [4.69, 9.17) is 14.7 Å². The molecule has 41 heavy (non-hydrogen) atoms. The molecule has 1 aromatic heterocycles. The third-order valence-corrected chi connectivity index (χ3v) is 7.61. The van der Waals surface area contributed by atoms with Crippen LogP contribution < -0.4 is 15.5 Å². The third-order valence-electron chi connectivity index (χ3n) is 7.61. The Morgan fingerprint density at radius 3 is 2.24 bits per heavy atom. The number of amides is 1. The molecule has 3 aromatic carbocycles. The van der Waals surface area contributed by atoms with Crippen LogP contribution in [0, 0.1) is 5.92 Å². The molecule has 212 valence electrons. The van der Waals surface area contributed by atoms with Crippen molar-refractivity contribution in [3.05, 3.63) is 96.1 Å². The van der Waals surface area contributed by atoms with E-state index in [0.717, 1.165) is 48.0 Å². The summed E-state index contributed by atoms with van der Waals surface area (Å²) in [4.78, 5) is 37.9. The van der Waals surface area contributed by atoms with E-state index in [1.807, 2.05) is 91.8 Å². The van der Waals surface area contributed by atoms with E-state index in [0.29, 0.717) is 24.0 Å². The highest BCUT2D eigenvalue weighted by atomic mass is 16.5. The number of fused-ring (bicyclic) bond motifs is 1. The van der Waals surface area contributed by atoms with Crippen LogP contribution in [0.15, 0.2) is 84.9 Å². The van der Waals surface area contributed by atoms with Crippen molar-refractivity contribution in [2.75, 3.05) is 30.9 Å². The minimum atomic E-state index is -1.01. The van der Waals surface area contributed by atoms with E-state index in [2.05, 4.69) is 10.6 Å². The molecule has 5 rings (SSSR count). The standard InChI is InChI=1S/C33H37N5O3/c1-38(2)30-27-15-9-10-16-28(27)36-33(37-30)35-26-19-17-23(18-20-26)21-34-31(39)29(25-13-7-4-8-14-25)32(40)41-22-24-11-5-3-6-12-24/h3-16,23,26,29H,17-22H2,1-2H3,(H,34,39)(H,35,36,37)/t23-,26+,29?. The molecule has 0 saturated heterocycles. The van der Waals surface area contributed by atoms with Gasteiger partial charge in [-0.25, -0.2) is 4.98 Å². The van der Waals surface area contributed by atoms with Gasteiger partial charge in [0.15, 0.2) is 5.92 Å². The van der Waals surface area contributed by atoms with Gasteiger partial charge in [0.05, 0.1) is 5.52 Å². The Labute approximate surface area is 241 Å². The summed E-state index contributed by atoms with van der Waals surface area (Å²) in [5.74, 6) is -0.000605. The number of carbonyl (C=O) groups is 2. The summed E-state index contributed by atoms with van der Waals surface area (Å²) >= 11 is 0. The number of hydrogen-bond donors (Lipinski definition) is 2. The van der Waals surface area contributed by atoms with Gasteiger partial charge in [0.2, 0.25) is 11.9 Å². The maximum absolute atomic E-state index is 13.3. The molecule has 8 nitrogen and oxygen atoms in total. The molecule has 2 N–H and O–H groups in total. The molecule has 0 aliphatic heterocycles. The number of para-hydroxylation sites is 1. The number of esters is 1. The largest absolute Gasteiger partial charge is 0.460 e. The average molecular weight is 552 g/mol. The maximum Gasteiger partial charge on any atom is 0.323 e. The summed E-state index contributed by atoms with van der Waals surface area (Å²) in [7, 11) is 3.98. The van der Waals surface area contributed by atoms with Crippen LogP contribution in [-0.2, 0) is 20.9 Å². The van der Waals surface area contributed by atoms with Crippen molar-refractivity contribution in [1.82, 2.24) is 15.3 Å². The minimum absolute atomic E-state index is 0.129. The lowest BCUT2D eigenvalue weighted by Gasteiger charge is -2.30. The van der Waals surface area contributed by atoms with E-state index in [-0.39, 0.29) is 18.6 Å². The van der Waals surface area contributed by atoms with Crippen LogP contribution in [0.3, 0.4) is 0 Å². The van der Waals surface area contributed by atoms with Crippen LogP contribution in [0.4, 0.5) is 11.8 Å². The first-order chi connectivity index (χ1) is 20.0. The van der Waals surface area contributed by atoms with Gasteiger partial charge in [-0.2, -0.15) is 4.98 Å². The van der Waals surface area contributed by atoms with E-state index in [1.54, 1.807) is 12.1 Å². The maximum atomic E-state index is 13.3. The Bertz CT molecular complexity index is 1450. The van der Waals surface area contributed by atoms with Gasteiger partial charge in [-0.3, -0.25) is 9.59 Å². The minimum Gasteiger partial charge on any atom is -0.460 e. The van der Waals surface area contributed by atoms with Crippen LogP contribution in [0.2, 0.25) is 0 Å². The first kappa shape index (κ1) is 28.1. The predicted molar refractivity (Wildman–Crippen MR) is 162 cm³/mol. The fourth-order valence-corrected chi connectivity index (χ4v) is 5.36. The van der Waals surface area contributed by atoms with Gasteiger partial charge in [-0.1, -0.05) is 72.8 Å². The number of hydrogen-bond acceptors (Lipinski definition) is 7. The van der Waals surface area contributed by atoms with Crippen molar-refractivity contribution in [1.29, 1.82) is 0 Å². The lowest BCUT2D eigenvalue weighted by atomic mass is 9.86. The van der Waals surface area contributed by atoms with Gasteiger partial charge in [0.1, 0.15) is 12.4 Å². The molecule has 0 spiro atoms. The Balaban J connectivity index is 1.15. The van der Waals surface area contributed by atoms with Gasteiger partial charge in [-0.05, 0) is 54.9 Å². The predicted octanol–water partition coefficient (Wildman–Crippen LogP) is 5.31. The molecule has 1 heterocycles. The molecular formula is C33H37N5O3. The van der Waals surface area contributed by atoms with Crippen molar-refractivity contribution in [2.24, 2.45) is 5.92 Å². The molecule has 1 aliphatic rings. The van der Waals surface area contributed by atoms with Gasteiger partial charge < -0.3 is 20.3 Å². The Morgan fingerprint density at radius 1 is 0.878 bits per heavy atom. The second kappa shape index (κ2) is 13.3. The van der Waals surface area contributed by atoms with Crippen LogP contribution >= 0.6 is 0 Å². The van der Waals surface area contributed by atoms with Crippen LogP contribution in [0.5, 0.6) is 0 Å². The normalized spacial score (nSPS) is 17.4. The van der Waals surface area contributed by atoms with E-state index in [1.165, 1.54) is 0 Å². The van der Waals surface area contributed by atoms with E-state index < -0.39 is 11.9 Å². The van der Waals surface area contributed by atoms with Gasteiger partial charge in [-0.15, -0.1) is 0 Å². The monoisotopic (exact) mass is 551 g/mol. The number of anilines is 2. The van der Waals surface area contributed by atoms with Crippen LogP contribution in [-0.4, -0.2) is 48.5 Å².